The Bertz CT molecular complexity index is 763. The molecule has 3 rings (SSSR count). The zero-order chi connectivity index (χ0) is 21.8. The number of carboxylic acids is 1. The Hall–Kier alpha value is -2.21. The van der Waals surface area contributed by atoms with E-state index >= 15 is 0 Å². The highest BCUT2D eigenvalue weighted by Gasteiger charge is 2.39. The predicted molar refractivity (Wildman–Crippen MR) is 124 cm³/mol. The molecular formula is C26H36N2O3. The third-order valence-corrected chi connectivity index (χ3v) is 6.15. The van der Waals surface area contributed by atoms with Crippen molar-refractivity contribution < 1.29 is 14.6 Å². The lowest BCUT2D eigenvalue weighted by atomic mass is 9.92. The summed E-state index contributed by atoms with van der Waals surface area (Å²) in [7, 11) is 0. The van der Waals surface area contributed by atoms with Crippen LogP contribution in [0.4, 0.5) is 0 Å². The molecule has 0 radical (unpaired) electrons. The van der Waals surface area contributed by atoms with Crippen molar-refractivity contribution in [1.29, 1.82) is 0 Å². The fourth-order valence-corrected chi connectivity index (χ4v) is 4.28. The van der Waals surface area contributed by atoms with Gasteiger partial charge in [0.1, 0.15) is 0 Å². The van der Waals surface area contributed by atoms with Gasteiger partial charge in [-0.15, -0.1) is 0 Å². The van der Waals surface area contributed by atoms with E-state index in [4.69, 9.17) is 4.74 Å². The summed E-state index contributed by atoms with van der Waals surface area (Å²) in [6.45, 7) is 3.59. The summed E-state index contributed by atoms with van der Waals surface area (Å²) in [5, 5.41) is 16.9. The quantitative estimate of drug-likeness (QED) is 0.424. The number of hydrogen-bond acceptors (Lipinski definition) is 4. The minimum Gasteiger partial charge on any atom is -0.479 e. The van der Waals surface area contributed by atoms with Crippen molar-refractivity contribution in [2.24, 2.45) is 5.92 Å². The van der Waals surface area contributed by atoms with E-state index in [0.29, 0.717) is 19.6 Å². The molecule has 0 spiro atoms. The molecule has 2 aromatic carbocycles. The molecule has 0 amide bonds. The first-order valence-corrected chi connectivity index (χ1v) is 11.5. The van der Waals surface area contributed by atoms with Gasteiger partial charge in [0, 0.05) is 26.1 Å². The minimum atomic E-state index is -1.27. The van der Waals surface area contributed by atoms with Crippen LogP contribution in [0.1, 0.15) is 43.2 Å². The average molecular weight is 425 g/mol. The standard InChI is InChI=1S/C26H36N2O3/c29-25(30)26(19-23-10-3-1-4-11-23,21-28-20-24-12-5-2-6-13-24)31-18-8-7-9-22-14-16-27-17-15-22/h1-6,10-13,22,27-28H,7-9,14-21H2,(H,29,30). The van der Waals surface area contributed by atoms with E-state index in [1.807, 2.05) is 60.7 Å². The van der Waals surface area contributed by atoms with Gasteiger partial charge in [0.15, 0.2) is 5.60 Å². The van der Waals surface area contributed by atoms with Gasteiger partial charge in [-0.05, 0) is 49.4 Å². The molecule has 168 valence electrons. The average Bonchev–Trinajstić information content (AvgIpc) is 2.80. The Kier molecular flexibility index (Phi) is 9.53. The van der Waals surface area contributed by atoms with Gasteiger partial charge in [0.05, 0.1) is 0 Å². The molecule has 0 saturated carbocycles. The lowest BCUT2D eigenvalue weighted by Gasteiger charge is -2.30. The second kappa shape index (κ2) is 12.6. The zero-order valence-corrected chi connectivity index (χ0v) is 18.4. The summed E-state index contributed by atoms with van der Waals surface area (Å²) in [5.74, 6) is -0.113. The van der Waals surface area contributed by atoms with Crippen LogP contribution in [0, 0.1) is 5.92 Å². The molecule has 1 fully saturated rings. The van der Waals surface area contributed by atoms with Crippen LogP contribution in [-0.4, -0.2) is 42.9 Å². The number of benzene rings is 2. The second-order valence-electron chi connectivity index (χ2n) is 8.59. The predicted octanol–water partition coefficient (Wildman–Crippen LogP) is 4.03. The lowest BCUT2D eigenvalue weighted by Crippen LogP contribution is -2.51. The van der Waals surface area contributed by atoms with Crippen molar-refractivity contribution in [3.05, 3.63) is 71.8 Å². The van der Waals surface area contributed by atoms with Crippen LogP contribution in [0.25, 0.3) is 0 Å². The maximum absolute atomic E-state index is 12.4. The van der Waals surface area contributed by atoms with Gasteiger partial charge in [0.25, 0.3) is 0 Å². The van der Waals surface area contributed by atoms with Crippen LogP contribution in [0.15, 0.2) is 60.7 Å². The lowest BCUT2D eigenvalue weighted by molar-refractivity contribution is -0.165. The fourth-order valence-electron chi connectivity index (χ4n) is 4.28. The van der Waals surface area contributed by atoms with Gasteiger partial charge in [-0.25, -0.2) is 4.79 Å². The molecule has 3 N–H and O–H groups in total. The number of piperidine rings is 1. The molecule has 0 aromatic heterocycles. The molecule has 1 saturated heterocycles. The van der Waals surface area contributed by atoms with Crippen LogP contribution >= 0.6 is 0 Å². The van der Waals surface area contributed by atoms with Gasteiger partial charge in [-0.3, -0.25) is 0 Å². The first kappa shape index (κ1) is 23.5. The highest BCUT2D eigenvalue weighted by atomic mass is 16.5. The molecule has 1 aliphatic rings. The van der Waals surface area contributed by atoms with Gasteiger partial charge >= 0.3 is 5.97 Å². The van der Waals surface area contributed by atoms with Crippen LogP contribution in [0.5, 0.6) is 0 Å². The number of carboxylic acid groups (broad SMARTS) is 1. The van der Waals surface area contributed by atoms with E-state index in [2.05, 4.69) is 10.6 Å². The molecule has 1 unspecified atom stereocenters. The van der Waals surface area contributed by atoms with Crippen LogP contribution in [0.3, 0.4) is 0 Å². The van der Waals surface area contributed by atoms with E-state index in [0.717, 1.165) is 43.0 Å². The maximum Gasteiger partial charge on any atom is 0.337 e. The molecule has 31 heavy (non-hydrogen) atoms. The van der Waals surface area contributed by atoms with Crippen molar-refractivity contribution in [3.63, 3.8) is 0 Å². The Morgan fingerprint density at radius 2 is 1.65 bits per heavy atom. The summed E-state index contributed by atoms with van der Waals surface area (Å²) in [4.78, 5) is 12.4. The van der Waals surface area contributed by atoms with Gasteiger partial charge in [0.2, 0.25) is 0 Å². The second-order valence-corrected chi connectivity index (χ2v) is 8.59. The van der Waals surface area contributed by atoms with Crippen molar-refractivity contribution in [1.82, 2.24) is 10.6 Å². The van der Waals surface area contributed by atoms with Crippen molar-refractivity contribution >= 4 is 5.97 Å². The van der Waals surface area contributed by atoms with E-state index in [-0.39, 0.29) is 6.54 Å². The molecule has 1 atom stereocenters. The van der Waals surface area contributed by atoms with Gasteiger partial charge in [-0.2, -0.15) is 0 Å². The van der Waals surface area contributed by atoms with E-state index in [9.17, 15) is 9.90 Å². The first-order valence-electron chi connectivity index (χ1n) is 11.5. The van der Waals surface area contributed by atoms with Crippen molar-refractivity contribution in [2.75, 3.05) is 26.2 Å². The molecule has 1 heterocycles. The van der Waals surface area contributed by atoms with Gasteiger partial charge < -0.3 is 20.5 Å². The smallest absolute Gasteiger partial charge is 0.337 e. The molecule has 5 heteroatoms. The van der Waals surface area contributed by atoms with E-state index in [1.165, 1.54) is 19.3 Å². The molecule has 0 aliphatic carbocycles. The summed E-state index contributed by atoms with van der Waals surface area (Å²) in [6.07, 6.45) is 6.03. The number of nitrogens with one attached hydrogen (secondary N) is 2. The highest BCUT2D eigenvalue weighted by Crippen LogP contribution is 2.22. The molecule has 2 aromatic rings. The Labute approximate surface area is 186 Å². The van der Waals surface area contributed by atoms with Crippen molar-refractivity contribution in [3.8, 4) is 0 Å². The Balaban J connectivity index is 1.56. The first-order chi connectivity index (χ1) is 15.2. The Morgan fingerprint density at radius 1 is 1.00 bits per heavy atom. The summed E-state index contributed by atoms with van der Waals surface area (Å²) < 4.78 is 6.15. The number of carbonyl (C=O) groups is 1. The van der Waals surface area contributed by atoms with Crippen LogP contribution in [0.2, 0.25) is 0 Å². The summed E-state index contributed by atoms with van der Waals surface area (Å²) >= 11 is 0. The third kappa shape index (κ3) is 7.76. The maximum atomic E-state index is 12.4. The monoisotopic (exact) mass is 424 g/mol. The Morgan fingerprint density at radius 3 is 2.29 bits per heavy atom. The number of rotatable bonds is 13. The number of unbranched alkanes of at least 4 members (excludes halogenated alkanes) is 1. The number of aliphatic carboxylic acids is 1. The number of hydrogen-bond donors (Lipinski definition) is 3. The van der Waals surface area contributed by atoms with E-state index in [1.54, 1.807) is 0 Å². The zero-order valence-electron chi connectivity index (χ0n) is 18.4. The normalized spacial score (nSPS) is 16.6. The summed E-state index contributed by atoms with van der Waals surface area (Å²) in [5.41, 5.74) is 0.829. The minimum absolute atomic E-state index is 0.264. The fraction of sp³-hybridized carbons (Fsp3) is 0.500. The summed E-state index contributed by atoms with van der Waals surface area (Å²) in [6, 6.07) is 19.8. The molecule has 0 bridgehead atoms. The molecule has 1 aliphatic heterocycles. The highest BCUT2D eigenvalue weighted by molar-refractivity contribution is 5.78. The van der Waals surface area contributed by atoms with E-state index < -0.39 is 11.6 Å². The van der Waals surface area contributed by atoms with Crippen molar-refractivity contribution in [2.45, 2.75) is 50.7 Å². The molecule has 5 nitrogen and oxygen atoms in total. The van der Waals surface area contributed by atoms with Gasteiger partial charge in [-0.1, -0.05) is 73.5 Å². The van der Waals surface area contributed by atoms with Crippen LogP contribution in [-0.2, 0) is 22.5 Å². The number of ether oxygens (including phenoxy) is 1. The molecular weight excluding hydrogens is 388 g/mol. The third-order valence-electron chi connectivity index (χ3n) is 6.15. The van der Waals surface area contributed by atoms with Crippen LogP contribution < -0.4 is 10.6 Å². The SMILES string of the molecule is O=C(O)C(CNCc1ccccc1)(Cc1ccccc1)OCCCCC1CCNCC1. The topological polar surface area (TPSA) is 70.6 Å². The largest absolute Gasteiger partial charge is 0.479 e.